The minimum Gasteiger partial charge on any atom is -0.490 e. The topological polar surface area (TPSA) is 111 Å². The van der Waals surface area contributed by atoms with Gasteiger partial charge >= 0.3 is 5.69 Å². The van der Waals surface area contributed by atoms with Gasteiger partial charge in [-0.1, -0.05) is 18.2 Å². The third-order valence-electron chi connectivity index (χ3n) is 4.53. The second-order valence-corrected chi connectivity index (χ2v) is 6.56. The van der Waals surface area contributed by atoms with Crippen LogP contribution in [0.3, 0.4) is 0 Å². The highest BCUT2D eigenvalue weighted by Gasteiger charge is 2.27. The molecule has 0 spiro atoms. The highest BCUT2D eigenvalue weighted by molar-refractivity contribution is 5.87. The SMILES string of the molecule is CCNC(=O)[C@H](C)N(Cc1ccccc1F)C(=O)COc1ccc([N+](=O)[O-])c(OC)c1. The Morgan fingerprint density at radius 3 is 2.58 bits per heavy atom. The number of nitro benzene ring substituents is 1. The van der Waals surface area contributed by atoms with Crippen LogP contribution >= 0.6 is 0 Å². The number of hydrogen-bond donors (Lipinski definition) is 1. The Kier molecular flexibility index (Phi) is 8.30. The van der Waals surface area contributed by atoms with Crippen molar-refractivity contribution in [3.63, 3.8) is 0 Å². The first kappa shape index (κ1) is 23.6. The van der Waals surface area contributed by atoms with Gasteiger partial charge in [0.15, 0.2) is 6.61 Å². The van der Waals surface area contributed by atoms with Crippen LogP contribution in [0.4, 0.5) is 10.1 Å². The monoisotopic (exact) mass is 433 g/mol. The first-order chi connectivity index (χ1) is 14.8. The normalized spacial score (nSPS) is 11.4. The molecule has 2 amide bonds. The summed E-state index contributed by atoms with van der Waals surface area (Å²) in [7, 11) is 1.28. The maximum absolute atomic E-state index is 14.1. The Balaban J connectivity index is 2.19. The van der Waals surface area contributed by atoms with Gasteiger partial charge < -0.3 is 19.7 Å². The Morgan fingerprint density at radius 1 is 1.26 bits per heavy atom. The summed E-state index contributed by atoms with van der Waals surface area (Å²) in [6, 6.07) is 8.93. The Labute approximate surface area is 178 Å². The van der Waals surface area contributed by atoms with Crippen LogP contribution in [0.25, 0.3) is 0 Å². The number of ether oxygens (including phenoxy) is 2. The molecule has 2 aromatic carbocycles. The van der Waals surface area contributed by atoms with E-state index < -0.39 is 29.3 Å². The van der Waals surface area contributed by atoms with Gasteiger partial charge in [0.2, 0.25) is 11.7 Å². The predicted molar refractivity (Wildman–Crippen MR) is 110 cm³/mol. The lowest BCUT2D eigenvalue weighted by molar-refractivity contribution is -0.385. The second-order valence-electron chi connectivity index (χ2n) is 6.56. The van der Waals surface area contributed by atoms with Gasteiger partial charge in [0, 0.05) is 30.8 Å². The number of hydrogen-bond acceptors (Lipinski definition) is 6. The Bertz CT molecular complexity index is 952. The minimum absolute atomic E-state index is 0.0196. The molecule has 0 radical (unpaired) electrons. The van der Waals surface area contributed by atoms with Crippen LogP contribution in [0.2, 0.25) is 0 Å². The molecule has 1 atom stereocenters. The number of nitrogens with one attached hydrogen (secondary N) is 1. The van der Waals surface area contributed by atoms with Crippen LogP contribution < -0.4 is 14.8 Å². The molecule has 0 fully saturated rings. The highest BCUT2D eigenvalue weighted by atomic mass is 19.1. The van der Waals surface area contributed by atoms with Crippen molar-refractivity contribution >= 4 is 17.5 Å². The second kappa shape index (κ2) is 10.9. The first-order valence-electron chi connectivity index (χ1n) is 9.54. The summed E-state index contributed by atoms with van der Waals surface area (Å²) in [5.41, 5.74) is 0.0104. The van der Waals surface area contributed by atoms with E-state index in [1.54, 1.807) is 19.9 Å². The van der Waals surface area contributed by atoms with Crippen LogP contribution in [-0.2, 0) is 16.1 Å². The molecule has 0 unspecified atom stereocenters. The largest absolute Gasteiger partial charge is 0.490 e. The quantitative estimate of drug-likeness (QED) is 0.456. The molecule has 0 saturated heterocycles. The number of methoxy groups -OCH3 is 1. The number of rotatable bonds is 10. The fourth-order valence-corrected chi connectivity index (χ4v) is 2.84. The van der Waals surface area contributed by atoms with Crippen molar-refractivity contribution in [2.24, 2.45) is 0 Å². The van der Waals surface area contributed by atoms with Crippen LogP contribution in [0.15, 0.2) is 42.5 Å². The summed E-state index contributed by atoms with van der Waals surface area (Å²) in [5.74, 6) is -1.28. The van der Waals surface area contributed by atoms with E-state index >= 15 is 0 Å². The summed E-state index contributed by atoms with van der Waals surface area (Å²) in [6.07, 6.45) is 0. The predicted octanol–water partition coefficient (Wildman–Crippen LogP) is 2.67. The van der Waals surface area contributed by atoms with Gasteiger partial charge in [-0.2, -0.15) is 0 Å². The van der Waals surface area contributed by atoms with E-state index in [4.69, 9.17) is 9.47 Å². The molecule has 0 aliphatic carbocycles. The minimum atomic E-state index is -0.873. The van der Waals surface area contributed by atoms with Crippen LogP contribution in [0.5, 0.6) is 11.5 Å². The lowest BCUT2D eigenvalue weighted by atomic mass is 10.1. The fraction of sp³-hybridized carbons (Fsp3) is 0.333. The number of amides is 2. The molecule has 166 valence electrons. The Hall–Kier alpha value is -3.69. The van der Waals surface area contributed by atoms with Gasteiger partial charge in [-0.3, -0.25) is 19.7 Å². The molecule has 9 nitrogen and oxygen atoms in total. The molecule has 0 aliphatic heterocycles. The Morgan fingerprint density at radius 2 is 1.97 bits per heavy atom. The zero-order chi connectivity index (χ0) is 23.0. The average molecular weight is 433 g/mol. The molecule has 1 N–H and O–H groups in total. The standard InChI is InChI=1S/C21H24FN3O6/c1-4-23-21(27)14(2)24(12-15-7-5-6-8-17(15)22)20(26)13-31-16-9-10-18(25(28)29)19(11-16)30-3/h5-11,14H,4,12-13H2,1-3H3,(H,23,27)/t14-/m0/s1. The number of carbonyl (C=O) groups is 2. The van der Waals surface area contributed by atoms with E-state index in [0.717, 1.165) is 0 Å². The molecule has 31 heavy (non-hydrogen) atoms. The number of halogens is 1. The van der Waals surface area contributed by atoms with Gasteiger partial charge in [-0.05, 0) is 26.0 Å². The van der Waals surface area contributed by atoms with Gasteiger partial charge in [0.25, 0.3) is 5.91 Å². The van der Waals surface area contributed by atoms with Crippen LogP contribution in [0.1, 0.15) is 19.4 Å². The average Bonchev–Trinajstić information content (AvgIpc) is 2.76. The molecule has 0 heterocycles. The van der Waals surface area contributed by atoms with Crippen molar-refractivity contribution in [2.45, 2.75) is 26.4 Å². The summed E-state index contributed by atoms with van der Waals surface area (Å²) < 4.78 is 24.6. The smallest absolute Gasteiger partial charge is 0.311 e. The molecule has 0 aromatic heterocycles. The van der Waals surface area contributed by atoms with Crippen molar-refractivity contribution < 1.29 is 28.4 Å². The number of likely N-dealkylation sites (N-methyl/N-ethyl adjacent to an activating group) is 1. The van der Waals surface area contributed by atoms with E-state index in [0.29, 0.717) is 6.54 Å². The third kappa shape index (κ3) is 6.14. The lowest BCUT2D eigenvalue weighted by Crippen LogP contribution is -2.49. The summed E-state index contributed by atoms with van der Waals surface area (Å²) in [6.45, 7) is 3.08. The maximum Gasteiger partial charge on any atom is 0.311 e. The molecule has 10 heteroatoms. The molecular weight excluding hydrogens is 409 g/mol. The van der Waals surface area contributed by atoms with Gasteiger partial charge in [-0.25, -0.2) is 4.39 Å². The van der Waals surface area contributed by atoms with Crippen molar-refractivity contribution in [3.8, 4) is 11.5 Å². The van der Waals surface area contributed by atoms with E-state index in [2.05, 4.69) is 5.32 Å². The molecule has 0 bridgehead atoms. The number of nitrogens with zero attached hydrogens (tertiary/aromatic N) is 2. The zero-order valence-electron chi connectivity index (χ0n) is 17.5. The van der Waals surface area contributed by atoms with Crippen molar-refractivity contribution in [2.75, 3.05) is 20.3 Å². The molecule has 0 saturated carbocycles. The number of nitro groups is 1. The van der Waals surface area contributed by atoms with Crippen molar-refractivity contribution in [1.29, 1.82) is 0 Å². The van der Waals surface area contributed by atoms with Gasteiger partial charge in [0.05, 0.1) is 12.0 Å². The van der Waals surface area contributed by atoms with E-state index in [-0.39, 0.29) is 35.2 Å². The fourth-order valence-electron chi connectivity index (χ4n) is 2.84. The molecular formula is C21H24FN3O6. The van der Waals surface area contributed by atoms with Crippen LogP contribution in [0, 0.1) is 15.9 Å². The van der Waals surface area contributed by atoms with E-state index in [1.807, 2.05) is 0 Å². The summed E-state index contributed by atoms with van der Waals surface area (Å²) in [4.78, 5) is 36.8. The van der Waals surface area contributed by atoms with Crippen molar-refractivity contribution in [3.05, 3.63) is 64.0 Å². The van der Waals surface area contributed by atoms with Gasteiger partial charge in [0.1, 0.15) is 17.6 Å². The van der Waals surface area contributed by atoms with Gasteiger partial charge in [-0.15, -0.1) is 0 Å². The summed E-state index contributed by atoms with van der Waals surface area (Å²) >= 11 is 0. The highest BCUT2D eigenvalue weighted by Crippen LogP contribution is 2.30. The molecule has 2 aromatic rings. The molecule has 2 rings (SSSR count). The molecule has 0 aliphatic rings. The van der Waals surface area contributed by atoms with E-state index in [1.165, 1.54) is 48.4 Å². The number of carbonyl (C=O) groups excluding carboxylic acids is 2. The third-order valence-corrected chi connectivity index (χ3v) is 4.53. The first-order valence-corrected chi connectivity index (χ1v) is 9.54. The summed E-state index contributed by atoms with van der Waals surface area (Å²) in [5, 5.41) is 13.6. The maximum atomic E-state index is 14.1. The number of benzene rings is 2. The van der Waals surface area contributed by atoms with Crippen molar-refractivity contribution in [1.82, 2.24) is 10.2 Å². The lowest BCUT2D eigenvalue weighted by Gasteiger charge is -2.28. The van der Waals surface area contributed by atoms with E-state index in [9.17, 15) is 24.1 Å². The van der Waals surface area contributed by atoms with Crippen LogP contribution in [-0.4, -0.2) is 47.9 Å². The zero-order valence-corrected chi connectivity index (χ0v) is 17.5.